The van der Waals surface area contributed by atoms with E-state index in [0.717, 1.165) is 31.2 Å². The molecule has 7 heteroatoms. The van der Waals surface area contributed by atoms with Crippen LogP contribution in [0, 0.1) is 11.8 Å². The smallest absolute Gasteiger partial charge is 0.305 e. The van der Waals surface area contributed by atoms with Gasteiger partial charge in [0.2, 0.25) is 11.8 Å². The summed E-state index contributed by atoms with van der Waals surface area (Å²) in [6.07, 6.45) is 12.6. The van der Waals surface area contributed by atoms with Gasteiger partial charge in [0.15, 0.2) is 0 Å². The molecule has 210 valence electrons. The molecule has 1 fully saturated rings. The lowest BCUT2D eigenvalue weighted by molar-refractivity contribution is -0.145. The van der Waals surface area contributed by atoms with Gasteiger partial charge in [-0.05, 0) is 43.6 Å². The standard InChI is InChI=1S/C31H46N2O5/c1-3-5-8-18-30(36)38-23-28(20-25-16-11-7-12-17-25)33-31(37)26(13-4-2)21-29(35)32-27(22-34)19-24-14-9-6-10-15-24/h3-4,6,9-10,14-15,25-28,34H,1-2,5,7-8,11-13,16-23H2,(H,32,35)(H,33,37)/t26-,27-,28+/m1/s1. The Morgan fingerprint density at radius 1 is 1.03 bits per heavy atom. The van der Waals surface area contributed by atoms with E-state index < -0.39 is 12.0 Å². The van der Waals surface area contributed by atoms with Gasteiger partial charge < -0.3 is 20.5 Å². The summed E-state index contributed by atoms with van der Waals surface area (Å²) in [5, 5.41) is 15.7. The Morgan fingerprint density at radius 3 is 2.42 bits per heavy atom. The Morgan fingerprint density at radius 2 is 1.76 bits per heavy atom. The SMILES string of the molecule is C=CCCCC(=O)OC[C@H](CC1CCCCC1)NC(=O)[C@H](CC=C)CC(=O)N[C@@H](CO)Cc1ccccc1. The number of ether oxygens (including phenoxy) is 1. The van der Waals surface area contributed by atoms with E-state index >= 15 is 0 Å². The molecule has 0 bridgehead atoms. The van der Waals surface area contributed by atoms with Crippen molar-refractivity contribution in [3.63, 3.8) is 0 Å². The first-order valence-electron chi connectivity index (χ1n) is 14.1. The number of aliphatic hydroxyl groups excluding tert-OH is 1. The number of unbranched alkanes of at least 4 members (excludes halogenated alkanes) is 1. The maximum atomic E-state index is 13.3. The molecule has 1 aliphatic carbocycles. The molecule has 1 aliphatic rings. The zero-order chi connectivity index (χ0) is 27.6. The van der Waals surface area contributed by atoms with Crippen molar-refractivity contribution in [3.05, 3.63) is 61.2 Å². The third-order valence-electron chi connectivity index (χ3n) is 7.09. The minimum atomic E-state index is -0.597. The summed E-state index contributed by atoms with van der Waals surface area (Å²) in [5.41, 5.74) is 1.01. The third-order valence-corrected chi connectivity index (χ3v) is 7.09. The molecule has 0 spiro atoms. The van der Waals surface area contributed by atoms with Crippen LogP contribution in [0.1, 0.15) is 76.2 Å². The van der Waals surface area contributed by atoms with E-state index in [-0.39, 0.29) is 43.5 Å². The number of benzene rings is 1. The number of nitrogens with one attached hydrogen (secondary N) is 2. The van der Waals surface area contributed by atoms with Crippen molar-refractivity contribution < 1.29 is 24.2 Å². The molecule has 7 nitrogen and oxygen atoms in total. The fourth-order valence-electron chi connectivity index (χ4n) is 5.02. The van der Waals surface area contributed by atoms with Gasteiger partial charge in [0.1, 0.15) is 6.61 Å². The second kappa shape index (κ2) is 18.3. The third kappa shape index (κ3) is 12.5. The number of rotatable bonds is 18. The van der Waals surface area contributed by atoms with Crippen LogP contribution >= 0.6 is 0 Å². The van der Waals surface area contributed by atoms with E-state index in [0.29, 0.717) is 31.6 Å². The summed E-state index contributed by atoms with van der Waals surface area (Å²) in [6, 6.07) is 8.91. The fraction of sp³-hybridized carbons (Fsp3) is 0.581. The molecule has 1 aromatic rings. The molecule has 2 rings (SSSR count). The lowest BCUT2D eigenvalue weighted by atomic mass is 9.84. The highest BCUT2D eigenvalue weighted by Gasteiger charge is 2.27. The van der Waals surface area contributed by atoms with Crippen molar-refractivity contribution >= 4 is 17.8 Å². The van der Waals surface area contributed by atoms with Gasteiger partial charge >= 0.3 is 5.97 Å². The summed E-state index contributed by atoms with van der Waals surface area (Å²) in [5.74, 6) is -0.921. The van der Waals surface area contributed by atoms with Crippen LogP contribution in [0.25, 0.3) is 0 Å². The van der Waals surface area contributed by atoms with Crippen LogP contribution in [0.4, 0.5) is 0 Å². The number of hydrogen-bond acceptors (Lipinski definition) is 5. The van der Waals surface area contributed by atoms with Crippen molar-refractivity contribution in [1.29, 1.82) is 0 Å². The maximum absolute atomic E-state index is 13.3. The highest BCUT2D eigenvalue weighted by molar-refractivity contribution is 5.86. The van der Waals surface area contributed by atoms with Crippen molar-refractivity contribution in [2.24, 2.45) is 11.8 Å². The zero-order valence-electron chi connectivity index (χ0n) is 22.7. The molecule has 0 aromatic heterocycles. The maximum Gasteiger partial charge on any atom is 0.305 e. The van der Waals surface area contributed by atoms with Crippen molar-refractivity contribution in [1.82, 2.24) is 10.6 Å². The van der Waals surface area contributed by atoms with E-state index in [4.69, 9.17) is 4.74 Å². The van der Waals surface area contributed by atoms with Gasteiger partial charge in [-0.2, -0.15) is 0 Å². The first kappa shape index (κ1) is 31.3. The lowest BCUT2D eigenvalue weighted by Crippen LogP contribution is -2.45. The summed E-state index contributed by atoms with van der Waals surface area (Å²) in [4.78, 5) is 38.3. The molecule has 0 aliphatic heterocycles. The van der Waals surface area contributed by atoms with Gasteiger partial charge in [-0.3, -0.25) is 14.4 Å². The number of carbonyl (C=O) groups excluding carboxylic acids is 3. The van der Waals surface area contributed by atoms with E-state index in [1.54, 1.807) is 12.2 Å². The highest BCUT2D eigenvalue weighted by Crippen LogP contribution is 2.27. The number of esters is 1. The predicted molar refractivity (Wildman–Crippen MR) is 150 cm³/mol. The first-order valence-corrected chi connectivity index (χ1v) is 14.1. The lowest BCUT2D eigenvalue weighted by Gasteiger charge is -2.28. The predicted octanol–water partition coefficient (Wildman–Crippen LogP) is 4.64. The number of allylic oxidation sites excluding steroid dienone is 2. The van der Waals surface area contributed by atoms with Crippen LogP contribution in [0.15, 0.2) is 55.6 Å². The minimum absolute atomic E-state index is 0.0133. The van der Waals surface area contributed by atoms with E-state index in [1.165, 1.54) is 19.3 Å². The van der Waals surface area contributed by atoms with Crippen molar-refractivity contribution in [2.75, 3.05) is 13.2 Å². The summed E-state index contributed by atoms with van der Waals surface area (Å²) < 4.78 is 5.52. The van der Waals surface area contributed by atoms with Gasteiger partial charge in [-0.15, -0.1) is 13.2 Å². The Bertz CT molecular complexity index is 866. The fourth-order valence-corrected chi connectivity index (χ4v) is 5.02. The Kier molecular flexibility index (Phi) is 15.1. The Labute approximate surface area is 228 Å². The average Bonchev–Trinajstić information content (AvgIpc) is 2.92. The number of amides is 2. The molecule has 3 atom stereocenters. The van der Waals surface area contributed by atoms with Gasteiger partial charge in [-0.25, -0.2) is 0 Å². The van der Waals surface area contributed by atoms with Crippen molar-refractivity contribution in [3.8, 4) is 0 Å². The molecule has 1 aromatic carbocycles. The number of hydrogen-bond donors (Lipinski definition) is 3. The van der Waals surface area contributed by atoms with Gasteiger partial charge in [0.05, 0.1) is 24.6 Å². The molecule has 38 heavy (non-hydrogen) atoms. The van der Waals surface area contributed by atoms with Gasteiger partial charge in [0.25, 0.3) is 0 Å². The van der Waals surface area contributed by atoms with E-state index in [9.17, 15) is 19.5 Å². The second-order valence-electron chi connectivity index (χ2n) is 10.4. The van der Waals surface area contributed by atoms with Crippen LogP contribution in [0.5, 0.6) is 0 Å². The van der Waals surface area contributed by atoms with E-state index in [2.05, 4.69) is 23.8 Å². The first-order chi connectivity index (χ1) is 18.4. The van der Waals surface area contributed by atoms with E-state index in [1.807, 2.05) is 30.3 Å². The quantitative estimate of drug-likeness (QED) is 0.147. The van der Waals surface area contributed by atoms with Crippen LogP contribution in [-0.2, 0) is 25.5 Å². The largest absolute Gasteiger partial charge is 0.463 e. The van der Waals surface area contributed by atoms with Crippen LogP contribution in [0.3, 0.4) is 0 Å². The van der Waals surface area contributed by atoms with Crippen LogP contribution < -0.4 is 10.6 Å². The molecule has 0 unspecified atom stereocenters. The molecule has 1 saturated carbocycles. The highest BCUT2D eigenvalue weighted by atomic mass is 16.5. The molecule has 0 radical (unpaired) electrons. The van der Waals surface area contributed by atoms with Gasteiger partial charge in [-0.1, -0.05) is 74.6 Å². The summed E-state index contributed by atoms with van der Waals surface area (Å²) in [7, 11) is 0. The average molecular weight is 527 g/mol. The zero-order valence-corrected chi connectivity index (χ0v) is 22.7. The summed E-state index contributed by atoms with van der Waals surface area (Å²) >= 11 is 0. The minimum Gasteiger partial charge on any atom is -0.463 e. The number of carbonyl (C=O) groups is 3. The Hall–Kier alpha value is -2.93. The Balaban J connectivity index is 1.96. The normalized spacial score (nSPS) is 16.0. The second-order valence-corrected chi connectivity index (χ2v) is 10.4. The number of aliphatic hydroxyl groups is 1. The monoisotopic (exact) mass is 526 g/mol. The molecule has 2 amide bonds. The van der Waals surface area contributed by atoms with Gasteiger partial charge in [0, 0.05) is 12.8 Å². The summed E-state index contributed by atoms with van der Waals surface area (Å²) in [6.45, 7) is 7.37. The topological polar surface area (TPSA) is 105 Å². The molecular weight excluding hydrogens is 480 g/mol. The molecular formula is C31H46N2O5. The molecule has 3 N–H and O–H groups in total. The van der Waals surface area contributed by atoms with Crippen LogP contribution in [-0.4, -0.2) is 48.2 Å². The molecule has 0 saturated heterocycles. The van der Waals surface area contributed by atoms with Crippen molar-refractivity contribution in [2.45, 2.75) is 89.1 Å². The van der Waals surface area contributed by atoms with Crippen LogP contribution in [0.2, 0.25) is 0 Å². The molecule has 0 heterocycles.